The van der Waals surface area contributed by atoms with Crippen molar-refractivity contribution in [2.45, 2.75) is 87.6 Å². The summed E-state index contributed by atoms with van der Waals surface area (Å²) >= 11 is 0. The number of hydrogen-bond acceptors (Lipinski definition) is 9. The number of alkyl halides is 6. The number of nitrogens with zero attached hydrogens (tertiary/aromatic N) is 4. The van der Waals surface area contributed by atoms with E-state index in [1.54, 1.807) is 38.4 Å². The quantitative estimate of drug-likeness (QED) is 0.0623. The Morgan fingerprint density at radius 3 is 1.39 bits per heavy atom. The lowest BCUT2D eigenvalue weighted by Crippen LogP contribution is -2.42. The summed E-state index contributed by atoms with van der Waals surface area (Å²) in [7, 11) is 7.41. The Morgan fingerprint density at radius 2 is 1.09 bits per heavy atom. The maximum atomic E-state index is 14.1. The highest BCUT2D eigenvalue weighted by Crippen LogP contribution is 2.67. The van der Waals surface area contributed by atoms with Gasteiger partial charge in [0.15, 0.2) is 0 Å². The molecule has 0 aliphatic heterocycles. The fourth-order valence-corrected chi connectivity index (χ4v) is 8.25. The zero-order valence-corrected chi connectivity index (χ0v) is 38.6. The van der Waals surface area contributed by atoms with Gasteiger partial charge < -0.3 is 37.4 Å². The lowest BCUT2D eigenvalue weighted by atomic mass is 9.80. The van der Waals surface area contributed by atoms with Gasteiger partial charge in [-0.2, -0.15) is 26.3 Å². The Bertz CT molecular complexity index is 2360. The van der Waals surface area contributed by atoms with Crippen molar-refractivity contribution in [3.8, 4) is 0 Å². The van der Waals surface area contributed by atoms with Crippen LogP contribution in [0.4, 0.5) is 35.1 Å². The van der Waals surface area contributed by atoms with Crippen LogP contribution in [0.25, 0.3) is 0 Å². The van der Waals surface area contributed by atoms with Crippen molar-refractivity contribution in [2.24, 2.45) is 28.0 Å². The van der Waals surface area contributed by atoms with Crippen LogP contribution in [-0.2, 0) is 22.4 Å². The third kappa shape index (κ3) is 14.7. The predicted octanol–water partition coefficient (Wildman–Crippen LogP) is 6.76. The number of carbonyl (C=O) groups is 4. The molecule has 2 heterocycles. The fraction of sp³-hybridized carbons (Fsp3) is 0.458. The van der Waals surface area contributed by atoms with Gasteiger partial charge in [-0.15, -0.1) is 0 Å². The lowest BCUT2D eigenvalue weighted by molar-refractivity contribution is -0.196. The zero-order chi connectivity index (χ0) is 51.5. The second kappa shape index (κ2) is 23.5. The van der Waals surface area contributed by atoms with Gasteiger partial charge in [-0.1, -0.05) is 24.3 Å². The molecular weight excluding hydrogens is 921 g/mol. The smallest absolute Gasteiger partial charge is 0.395 e. The third-order valence-corrected chi connectivity index (χ3v) is 12.8. The van der Waals surface area contributed by atoms with Crippen LogP contribution in [0.1, 0.15) is 93.3 Å². The van der Waals surface area contributed by atoms with E-state index >= 15 is 0 Å². The van der Waals surface area contributed by atoms with E-state index in [1.807, 2.05) is 23.9 Å². The number of primary amides is 2. The van der Waals surface area contributed by atoms with Gasteiger partial charge in [0, 0.05) is 68.2 Å². The van der Waals surface area contributed by atoms with E-state index in [2.05, 4.69) is 15.3 Å². The standard InChI is InChI=1S/C24H28F4N4O2.C12H12F3NO2.C12H18FN3O/c1-32(2)17(10-15-5-6-18(22(29)34)20(25)11-15)14-31-21(33)12-19(16-4-3-9-30-13-16)23(7-8-23)24(26,27)28;13-12(14,15)11(3-4-11)9(6-10(17)18)8-2-1-5-16-7-8;1-16(2)9(7-14)5-8-3-4-10(12(15)17)11(13)6-8/h3-6,9,11,13,17,19H,7-8,10,12,14H2,1-2H3,(H2,29,34)(H,31,33);1-2,5,7,9H,3-4,6H2,(H,17,18);3-4,6,9H,5,7,14H2,1-2H3,(H2,15,17)/t17-,19?;;9-/m0.0/s1. The highest BCUT2D eigenvalue weighted by molar-refractivity contribution is 5.93. The minimum atomic E-state index is -4.42. The van der Waals surface area contributed by atoms with Crippen LogP contribution in [0.15, 0.2) is 85.5 Å². The fourth-order valence-electron chi connectivity index (χ4n) is 8.25. The molecule has 2 saturated carbocycles. The molecule has 2 aromatic carbocycles. The van der Waals surface area contributed by atoms with Crippen molar-refractivity contribution in [3.63, 3.8) is 0 Å². The number of nitrogens with two attached hydrogens (primary N) is 3. The minimum Gasteiger partial charge on any atom is -0.481 e. The topological polar surface area (TPSA) is 211 Å². The molecule has 2 aliphatic carbocycles. The van der Waals surface area contributed by atoms with E-state index < -0.39 is 76.8 Å². The van der Waals surface area contributed by atoms with Gasteiger partial charge in [0.1, 0.15) is 11.6 Å². The van der Waals surface area contributed by atoms with Crippen molar-refractivity contribution in [3.05, 3.63) is 130 Å². The molecule has 4 aromatic rings. The van der Waals surface area contributed by atoms with Crippen molar-refractivity contribution in [1.29, 1.82) is 0 Å². The van der Waals surface area contributed by atoms with Gasteiger partial charge in [0.25, 0.3) is 11.8 Å². The molecule has 376 valence electrons. The normalized spacial score (nSPS) is 16.4. The number of rotatable bonds is 19. The number of pyridine rings is 2. The molecule has 2 aromatic heterocycles. The number of aliphatic carboxylic acids is 1. The number of benzene rings is 2. The molecule has 21 heteroatoms. The number of nitrogens with one attached hydrogen (secondary N) is 1. The largest absolute Gasteiger partial charge is 0.481 e. The monoisotopic (exact) mass is 978 g/mol. The van der Waals surface area contributed by atoms with Crippen LogP contribution in [0.3, 0.4) is 0 Å². The summed E-state index contributed by atoms with van der Waals surface area (Å²) in [6.07, 6.45) is -3.05. The second-order valence-electron chi connectivity index (χ2n) is 17.8. The summed E-state index contributed by atoms with van der Waals surface area (Å²) in [5.74, 6) is -6.71. The molecule has 0 saturated heterocycles. The van der Waals surface area contributed by atoms with Crippen LogP contribution in [-0.4, -0.2) is 114 Å². The molecule has 2 unspecified atom stereocenters. The van der Waals surface area contributed by atoms with Crippen molar-refractivity contribution < 1.29 is 59.4 Å². The Balaban J connectivity index is 0.000000249. The summed E-state index contributed by atoms with van der Waals surface area (Å²) in [5.41, 5.74) is 13.8. The van der Waals surface area contributed by atoms with Crippen molar-refractivity contribution in [1.82, 2.24) is 25.1 Å². The molecule has 6 rings (SSSR count). The molecule has 2 fully saturated rings. The first-order valence-electron chi connectivity index (χ1n) is 21.9. The van der Waals surface area contributed by atoms with Gasteiger partial charge in [0.2, 0.25) is 5.91 Å². The van der Waals surface area contributed by atoms with E-state index in [0.717, 1.165) is 5.56 Å². The van der Waals surface area contributed by atoms with E-state index in [4.69, 9.17) is 22.3 Å². The molecule has 3 amide bonds. The van der Waals surface area contributed by atoms with Crippen molar-refractivity contribution in [2.75, 3.05) is 41.3 Å². The van der Waals surface area contributed by atoms with Crippen LogP contribution in [0.5, 0.6) is 0 Å². The predicted molar refractivity (Wildman–Crippen MR) is 241 cm³/mol. The van der Waals surface area contributed by atoms with E-state index in [-0.39, 0.29) is 61.9 Å². The van der Waals surface area contributed by atoms with Gasteiger partial charge >= 0.3 is 18.3 Å². The number of likely N-dealkylation sites (N-methyl/N-ethyl adjacent to an activating group) is 2. The highest BCUT2D eigenvalue weighted by atomic mass is 19.4. The summed E-state index contributed by atoms with van der Waals surface area (Å²) in [6, 6.07) is 14.6. The van der Waals surface area contributed by atoms with E-state index in [9.17, 15) is 54.3 Å². The Labute approximate surface area is 394 Å². The molecule has 4 atom stereocenters. The highest BCUT2D eigenvalue weighted by Gasteiger charge is 2.68. The van der Waals surface area contributed by atoms with Gasteiger partial charge in [0.05, 0.1) is 28.4 Å². The first-order valence-corrected chi connectivity index (χ1v) is 21.9. The molecule has 0 bridgehead atoms. The Kier molecular flexibility index (Phi) is 18.9. The zero-order valence-electron chi connectivity index (χ0n) is 38.6. The molecule has 69 heavy (non-hydrogen) atoms. The molecule has 8 N–H and O–H groups in total. The Morgan fingerprint density at radius 1 is 0.681 bits per heavy atom. The maximum Gasteiger partial charge on any atom is 0.395 e. The first kappa shape index (κ1) is 55.5. The average molecular weight is 979 g/mol. The summed E-state index contributed by atoms with van der Waals surface area (Å²) in [5, 5.41) is 11.6. The van der Waals surface area contributed by atoms with Gasteiger partial charge in [-0.25, -0.2) is 8.78 Å². The summed E-state index contributed by atoms with van der Waals surface area (Å²) in [4.78, 5) is 57.2. The number of carboxylic acids is 1. The molecular formula is C48H58F8N8O5. The SMILES string of the molecule is CN(C)[C@H](CN)Cc1ccc(C(N)=O)c(F)c1.CN(C)[C@H](CNC(=O)CC(c1cccnc1)C1(C(F)(F)F)CC1)Cc1ccc(C(N)=O)c(F)c1.O=C(O)CC(c1cccnc1)C1(C(F)(F)F)CC1. The average Bonchev–Trinajstić information content (AvgIpc) is 4.21. The van der Waals surface area contributed by atoms with Crippen LogP contribution in [0, 0.1) is 22.5 Å². The number of carboxylic acid groups (broad SMARTS) is 1. The third-order valence-electron chi connectivity index (χ3n) is 12.8. The van der Waals surface area contributed by atoms with E-state index in [0.29, 0.717) is 36.1 Å². The summed E-state index contributed by atoms with van der Waals surface area (Å²) < 4.78 is 108. The molecule has 0 radical (unpaired) electrons. The molecule has 2 aliphatic rings. The Hall–Kier alpha value is -6.06. The van der Waals surface area contributed by atoms with Gasteiger partial charge in [-0.05, 0) is 125 Å². The number of halogens is 8. The van der Waals surface area contributed by atoms with Crippen LogP contribution < -0.4 is 22.5 Å². The van der Waals surface area contributed by atoms with Gasteiger partial charge in [-0.3, -0.25) is 29.1 Å². The van der Waals surface area contributed by atoms with Crippen molar-refractivity contribution >= 4 is 23.7 Å². The van der Waals surface area contributed by atoms with Crippen LogP contribution >= 0.6 is 0 Å². The number of aromatic nitrogens is 2. The number of amides is 3. The summed E-state index contributed by atoms with van der Waals surface area (Å²) in [6.45, 7) is 0.649. The molecule has 0 spiro atoms. The lowest BCUT2D eigenvalue weighted by Gasteiger charge is -2.30. The minimum absolute atomic E-state index is 0.0106. The molecule has 13 nitrogen and oxygen atoms in total. The van der Waals surface area contributed by atoms with Crippen LogP contribution in [0.2, 0.25) is 0 Å². The second-order valence-corrected chi connectivity index (χ2v) is 17.8. The first-order chi connectivity index (χ1) is 32.3. The van der Waals surface area contributed by atoms with E-state index in [1.165, 1.54) is 61.2 Å². The maximum absolute atomic E-state index is 14.1. The number of carbonyl (C=O) groups excluding carboxylic acids is 3. The number of hydrogen-bond donors (Lipinski definition) is 5.